The lowest BCUT2D eigenvalue weighted by Gasteiger charge is -2.44. The molecule has 1 aliphatic rings. The van der Waals surface area contributed by atoms with Crippen LogP contribution in [0.4, 0.5) is 26.3 Å². The number of nitrogens with zero attached hydrogens (tertiary/aromatic N) is 1. The van der Waals surface area contributed by atoms with Crippen molar-refractivity contribution in [1.29, 1.82) is 0 Å². The van der Waals surface area contributed by atoms with E-state index in [4.69, 9.17) is 0 Å². The predicted molar refractivity (Wildman–Crippen MR) is 62.5 cm³/mol. The van der Waals surface area contributed by atoms with Gasteiger partial charge in [-0.25, -0.2) is 13.2 Å². The van der Waals surface area contributed by atoms with Crippen molar-refractivity contribution in [3.05, 3.63) is 35.6 Å². The number of piperidine rings is 1. The number of rotatable bonds is 1. The van der Waals surface area contributed by atoms with E-state index >= 15 is 0 Å². The van der Waals surface area contributed by atoms with Gasteiger partial charge < -0.3 is 10.0 Å². The van der Waals surface area contributed by atoms with Crippen molar-refractivity contribution in [2.75, 3.05) is 13.1 Å². The van der Waals surface area contributed by atoms with Crippen LogP contribution in [-0.2, 0) is 10.4 Å². The van der Waals surface area contributed by atoms with Gasteiger partial charge in [-0.1, -0.05) is 12.1 Å². The minimum Gasteiger partial charge on any atom is -0.379 e. The molecule has 0 aliphatic carbocycles. The summed E-state index contributed by atoms with van der Waals surface area (Å²) in [6.07, 6.45) is -6.06. The summed E-state index contributed by atoms with van der Waals surface area (Å²) >= 11 is 0. The topological polar surface area (TPSA) is 40.5 Å². The fraction of sp³-hybridized carbons (Fsp3) is 0.462. The van der Waals surface area contributed by atoms with Crippen molar-refractivity contribution in [2.45, 2.75) is 24.1 Å². The zero-order valence-electron chi connectivity index (χ0n) is 11.0. The summed E-state index contributed by atoms with van der Waals surface area (Å²) in [6.45, 7) is -2.26. The first-order chi connectivity index (χ1) is 9.97. The molecule has 1 aromatic rings. The maximum atomic E-state index is 14.1. The Morgan fingerprint density at radius 1 is 1.18 bits per heavy atom. The molecule has 9 heteroatoms. The van der Waals surface area contributed by atoms with E-state index in [2.05, 4.69) is 0 Å². The summed E-state index contributed by atoms with van der Waals surface area (Å²) in [5.41, 5.74) is -3.08. The highest BCUT2D eigenvalue weighted by molar-refractivity contribution is 5.82. The van der Waals surface area contributed by atoms with Gasteiger partial charge in [-0.05, 0) is 17.7 Å². The van der Waals surface area contributed by atoms with Gasteiger partial charge in [0.1, 0.15) is 5.82 Å². The second kappa shape index (κ2) is 5.15. The Morgan fingerprint density at radius 2 is 1.73 bits per heavy atom. The highest BCUT2D eigenvalue weighted by Crippen LogP contribution is 2.44. The molecule has 1 amide bonds. The SMILES string of the molecule is O=C(N1CCC(O)(c2ccc(F)cc2)C(F)(F)C1)C(F)(F)F. The van der Waals surface area contributed by atoms with Gasteiger partial charge in [0.2, 0.25) is 0 Å². The molecule has 0 radical (unpaired) electrons. The van der Waals surface area contributed by atoms with Crippen LogP contribution in [0.2, 0.25) is 0 Å². The second-order valence-corrected chi connectivity index (χ2v) is 5.05. The number of hydrogen-bond donors (Lipinski definition) is 1. The van der Waals surface area contributed by atoms with E-state index in [1.54, 1.807) is 0 Å². The number of amides is 1. The molecule has 1 saturated heterocycles. The van der Waals surface area contributed by atoms with E-state index < -0.39 is 48.9 Å². The zero-order chi connectivity index (χ0) is 16.8. The molecule has 3 nitrogen and oxygen atoms in total. The van der Waals surface area contributed by atoms with Crippen molar-refractivity contribution in [3.8, 4) is 0 Å². The highest BCUT2D eigenvalue weighted by atomic mass is 19.4. The Balaban J connectivity index is 2.28. The Morgan fingerprint density at radius 3 is 2.18 bits per heavy atom. The number of likely N-dealkylation sites (tertiary alicyclic amines) is 1. The maximum absolute atomic E-state index is 14.1. The third-order valence-corrected chi connectivity index (χ3v) is 3.59. The van der Waals surface area contributed by atoms with Crippen LogP contribution in [0.3, 0.4) is 0 Å². The summed E-state index contributed by atoms with van der Waals surface area (Å²) in [5.74, 6) is -7.10. The van der Waals surface area contributed by atoms with Gasteiger partial charge in [-0.3, -0.25) is 4.79 Å². The predicted octanol–water partition coefficient (Wildman–Crippen LogP) is 2.44. The molecular weight excluding hydrogens is 316 g/mol. The molecule has 122 valence electrons. The van der Waals surface area contributed by atoms with Gasteiger partial charge in [0, 0.05) is 13.0 Å². The molecule has 0 saturated carbocycles. The van der Waals surface area contributed by atoms with Crippen LogP contribution in [-0.4, -0.2) is 41.1 Å². The Kier molecular flexibility index (Phi) is 3.88. The molecule has 0 bridgehead atoms. The smallest absolute Gasteiger partial charge is 0.379 e. The summed E-state index contributed by atoms with van der Waals surface area (Å²) < 4.78 is 78.0. The van der Waals surface area contributed by atoms with Crippen LogP contribution in [0.5, 0.6) is 0 Å². The van der Waals surface area contributed by atoms with Crippen LogP contribution in [0.15, 0.2) is 24.3 Å². The molecule has 0 spiro atoms. The number of benzene rings is 1. The zero-order valence-corrected chi connectivity index (χ0v) is 11.0. The quantitative estimate of drug-likeness (QED) is 0.805. The molecule has 0 aromatic heterocycles. The van der Waals surface area contributed by atoms with Crippen LogP contribution in [0.25, 0.3) is 0 Å². The monoisotopic (exact) mass is 327 g/mol. The van der Waals surface area contributed by atoms with Crippen molar-refractivity contribution in [3.63, 3.8) is 0 Å². The van der Waals surface area contributed by atoms with Crippen LogP contribution < -0.4 is 0 Å². The van der Waals surface area contributed by atoms with Crippen molar-refractivity contribution in [1.82, 2.24) is 4.90 Å². The third kappa shape index (κ3) is 2.77. The lowest BCUT2D eigenvalue weighted by Crippen LogP contribution is -2.61. The summed E-state index contributed by atoms with van der Waals surface area (Å²) in [5, 5.41) is 10.2. The maximum Gasteiger partial charge on any atom is 0.471 e. The van der Waals surface area contributed by atoms with Gasteiger partial charge in [-0.2, -0.15) is 13.2 Å². The molecule has 22 heavy (non-hydrogen) atoms. The first-order valence-electron chi connectivity index (χ1n) is 6.20. The van der Waals surface area contributed by atoms with Crippen molar-refractivity contribution in [2.24, 2.45) is 0 Å². The first kappa shape index (κ1) is 16.6. The van der Waals surface area contributed by atoms with Gasteiger partial charge in [-0.15, -0.1) is 0 Å². The van der Waals surface area contributed by atoms with Crippen LogP contribution >= 0.6 is 0 Å². The van der Waals surface area contributed by atoms with E-state index in [0.29, 0.717) is 0 Å². The Bertz CT molecular complexity index is 571. The standard InChI is InChI=1S/C13H11F6NO2/c14-9-3-1-8(2-4-9)11(22)5-6-20(7-12(11,15)16)10(21)13(17,18)19/h1-4,22H,5-7H2. The lowest BCUT2D eigenvalue weighted by atomic mass is 9.81. The molecule has 2 rings (SSSR count). The summed E-state index contributed by atoms with van der Waals surface area (Å²) in [6, 6.07) is 3.59. The molecule has 1 unspecified atom stereocenters. The minimum atomic E-state index is -5.26. The second-order valence-electron chi connectivity index (χ2n) is 5.05. The van der Waals surface area contributed by atoms with Crippen molar-refractivity contribution >= 4 is 5.91 Å². The van der Waals surface area contributed by atoms with E-state index in [1.807, 2.05) is 0 Å². The molecule has 1 fully saturated rings. The molecule has 1 aromatic carbocycles. The number of carbonyl (C=O) groups excluding carboxylic acids is 1. The summed E-state index contributed by atoms with van der Waals surface area (Å²) in [7, 11) is 0. The highest BCUT2D eigenvalue weighted by Gasteiger charge is 2.59. The summed E-state index contributed by atoms with van der Waals surface area (Å²) in [4.78, 5) is 11.0. The van der Waals surface area contributed by atoms with Crippen molar-refractivity contribution < 1.29 is 36.2 Å². The normalized spacial score (nSPS) is 25.1. The Labute approximate surface area is 121 Å². The molecular formula is C13H11F6NO2. The van der Waals surface area contributed by atoms with E-state index in [-0.39, 0.29) is 10.5 Å². The number of hydrogen-bond acceptors (Lipinski definition) is 2. The molecule has 1 atom stereocenters. The third-order valence-electron chi connectivity index (χ3n) is 3.59. The average Bonchev–Trinajstić information content (AvgIpc) is 2.40. The average molecular weight is 327 g/mol. The molecule has 1 heterocycles. The first-order valence-corrected chi connectivity index (χ1v) is 6.20. The Hall–Kier alpha value is -1.77. The van der Waals surface area contributed by atoms with Gasteiger partial charge >= 0.3 is 12.1 Å². The number of carbonyl (C=O) groups is 1. The largest absolute Gasteiger partial charge is 0.471 e. The van der Waals surface area contributed by atoms with E-state index in [9.17, 15) is 36.2 Å². The molecule has 1 aliphatic heterocycles. The van der Waals surface area contributed by atoms with Gasteiger partial charge in [0.15, 0.2) is 5.60 Å². The fourth-order valence-corrected chi connectivity index (χ4v) is 2.36. The fourth-order valence-electron chi connectivity index (χ4n) is 2.36. The van der Waals surface area contributed by atoms with E-state index in [0.717, 1.165) is 24.3 Å². The minimum absolute atomic E-state index is 0.0437. The number of alkyl halides is 5. The lowest BCUT2D eigenvalue weighted by molar-refractivity contribution is -0.233. The number of halogens is 6. The van der Waals surface area contributed by atoms with Crippen LogP contribution in [0.1, 0.15) is 12.0 Å². The molecule has 1 N–H and O–H groups in total. The van der Waals surface area contributed by atoms with Gasteiger partial charge in [0.05, 0.1) is 6.54 Å². The van der Waals surface area contributed by atoms with Gasteiger partial charge in [0.25, 0.3) is 5.92 Å². The van der Waals surface area contributed by atoms with E-state index in [1.165, 1.54) is 0 Å². The number of aliphatic hydroxyl groups is 1. The van der Waals surface area contributed by atoms with Crippen LogP contribution in [0, 0.1) is 5.82 Å².